The zero-order valence-corrected chi connectivity index (χ0v) is 17.9. The minimum absolute atomic E-state index is 0.0887. The Morgan fingerprint density at radius 3 is 2.34 bits per heavy atom. The molecule has 0 radical (unpaired) electrons. The summed E-state index contributed by atoms with van der Waals surface area (Å²) < 4.78 is 48.7. The second kappa shape index (κ2) is 10.1. The Morgan fingerprint density at radius 2 is 1.78 bits per heavy atom. The predicted molar refractivity (Wildman–Crippen MR) is 111 cm³/mol. The van der Waals surface area contributed by atoms with Crippen LogP contribution < -0.4 is 9.64 Å². The van der Waals surface area contributed by atoms with Crippen LogP contribution in [0.5, 0.6) is 5.75 Å². The zero-order chi connectivity index (χ0) is 23.3. The number of alkyl halides is 3. The van der Waals surface area contributed by atoms with Gasteiger partial charge in [0.05, 0.1) is 22.8 Å². The number of rotatable bonds is 6. The van der Waals surface area contributed by atoms with E-state index in [1.54, 1.807) is 41.0 Å². The van der Waals surface area contributed by atoms with E-state index >= 15 is 0 Å². The van der Waals surface area contributed by atoms with Crippen LogP contribution in [-0.4, -0.2) is 61.2 Å². The molecule has 32 heavy (non-hydrogen) atoms. The van der Waals surface area contributed by atoms with Crippen molar-refractivity contribution >= 4 is 29.3 Å². The van der Waals surface area contributed by atoms with Crippen molar-refractivity contribution in [2.24, 2.45) is 0 Å². The molecule has 0 atom stereocenters. The number of aromatic nitrogens is 1. The van der Waals surface area contributed by atoms with Gasteiger partial charge in [-0.25, -0.2) is 9.78 Å². The van der Waals surface area contributed by atoms with Gasteiger partial charge in [0, 0.05) is 32.4 Å². The second-order valence-corrected chi connectivity index (χ2v) is 7.34. The Morgan fingerprint density at radius 1 is 1.12 bits per heavy atom. The molecule has 1 aliphatic heterocycles. The van der Waals surface area contributed by atoms with Crippen molar-refractivity contribution in [3.05, 3.63) is 52.7 Å². The van der Waals surface area contributed by atoms with E-state index < -0.39 is 17.7 Å². The van der Waals surface area contributed by atoms with E-state index in [9.17, 15) is 22.8 Å². The first-order chi connectivity index (χ1) is 15.2. The lowest BCUT2D eigenvalue weighted by molar-refractivity contribution is -0.138. The van der Waals surface area contributed by atoms with Crippen molar-refractivity contribution in [1.29, 1.82) is 0 Å². The maximum atomic E-state index is 12.8. The summed E-state index contributed by atoms with van der Waals surface area (Å²) in [5.41, 5.74) is -0.523. The summed E-state index contributed by atoms with van der Waals surface area (Å²) in [5.74, 6) is 0.0247. The third kappa shape index (κ3) is 5.82. The number of esters is 1. The maximum absolute atomic E-state index is 12.8. The highest BCUT2D eigenvalue weighted by Crippen LogP contribution is 2.33. The molecule has 1 aliphatic rings. The first kappa shape index (κ1) is 23.6. The molecular formula is C21H21ClF3N3O4. The summed E-state index contributed by atoms with van der Waals surface area (Å²) in [6, 6.07) is 7.11. The summed E-state index contributed by atoms with van der Waals surface area (Å²) >= 11 is 6.00. The van der Waals surface area contributed by atoms with Gasteiger partial charge in [-0.1, -0.05) is 11.6 Å². The molecule has 7 nitrogen and oxygen atoms in total. The number of piperazine rings is 1. The number of amides is 1. The molecule has 2 heterocycles. The van der Waals surface area contributed by atoms with E-state index in [1.807, 2.05) is 0 Å². The molecule has 0 bridgehead atoms. The fourth-order valence-electron chi connectivity index (χ4n) is 3.12. The Kier molecular flexibility index (Phi) is 7.44. The molecule has 3 rings (SSSR count). The van der Waals surface area contributed by atoms with Gasteiger partial charge in [-0.3, -0.25) is 4.79 Å². The first-order valence-electron chi connectivity index (χ1n) is 9.84. The van der Waals surface area contributed by atoms with Gasteiger partial charge in [-0.15, -0.1) is 0 Å². The van der Waals surface area contributed by atoms with E-state index in [1.165, 1.54) is 0 Å². The van der Waals surface area contributed by atoms with Crippen LogP contribution in [0, 0.1) is 0 Å². The Hall–Kier alpha value is -3.01. The molecule has 11 heteroatoms. The number of pyridine rings is 1. The van der Waals surface area contributed by atoms with E-state index in [0.29, 0.717) is 37.5 Å². The third-order valence-electron chi connectivity index (χ3n) is 4.81. The third-order valence-corrected chi connectivity index (χ3v) is 5.09. The summed E-state index contributed by atoms with van der Waals surface area (Å²) in [6.07, 6.45) is -3.76. The number of hydrogen-bond acceptors (Lipinski definition) is 6. The van der Waals surface area contributed by atoms with Gasteiger partial charge in [0.25, 0.3) is 5.91 Å². The van der Waals surface area contributed by atoms with Gasteiger partial charge >= 0.3 is 12.1 Å². The Labute approximate surface area is 187 Å². The van der Waals surface area contributed by atoms with Crippen molar-refractivity contribution in [2.45, 2.75) is 13.1 Å². The van der Waals surface area contributed by atoms with Gasteiger partial charge in [-0.2, -0.15) is 13.2 Å². The molecule has 0 N–H and O–H groups in total. The fourth-order valence-corrected chi connectivity index (χ4v) is 3.41. The number of ether oxygens (including phenoxy) is 2. The Balaban J connectivity index is 1.50. The second-order valence-electron chi connectivity index (χ2n) is 6.93. The van der Waals surface area contributed by atoms with Gasteiger partial charge in [0.2, 0.25) is 0 Å². The Bertz CT molecular complexity index is 962. The SMILES string of the molecule is CCOC(=O)c1ccc(OCC(=O)N2CCN(c3ncc(C(F)(F)F)cc3Cl)CC2)cc1. The maximum Gasteiger partial charge on any atom is 0.417 e. The number of hydrogen-bond donors (Lipinski definition) is 0. The van der Waals surface area contributed by atoms with Crippen LogP contribution in [0.15, 0.2) is 36.5 Å². The largest absolute Gasteiger partial charge is 0.484 e. The standard InChI is InChI=1S/C21H21ClF3N3O4/c1-2-31-20(30)14-3-5-16(6-4-14)32-13-18(29)27-7-9-28(10-8-27)19-17(22)11-15(12-26-19)21(23,24)25/h3-6,11-12H,2,7-10,13H2,1H3. The molecule has 0 unspecified atom stereocenters. The molecule has 1 saturated heterocycles. The molecule has 1 aromatic heterocycles. The molecule has 1 amide bonds. The zero-order valence-electron chi connectivity index (χ0n) is 17.2. The number of carbonyl (C=O) groups excluding carboxylic acids is 2. The van der Waals surface area contributed by atoms with Crippen LogP contribution in [-0.2, 0) is 15.7 Å². The average Bonchev–Trinajstić information content (AvgIpc) is 2.77. The van der Waals surface area contributed by atoms with Crippen LogP contribution in [0.2, 0.25) is 5.02 Å². The molecule has 0 saturated carbocycles. The number of benzene rings is 1. The predicted octanol–water partition coefficient (Wildman–Crippen LogP) is 3.66. The fraction of sp³-hybridized carbons (Fsp3) is 0.381. The smallest absolute Gasteiger partial charge is 0.417 e. The minimum atomic E-state index is -4.51. The van der Waals surface area contributed by atoms with E-state index in [2.05, 4.69) is 4.98 Å². The van der Waals surface area contributed by atoms with Gasteiger partial charge in [0.1, 0.15) is 11.6 Å². The average molecular weight is 472 g/mol. The molecule has 0 aliphatic carbocycles. The molecule has 172 valence electrons. The summed E-state index contributed by atoms with van der Waals surface area (Å²) in [5, 5.41) is -0.0887. The number of anilines is 1. The van der Waals surface area contributed by atoms with E-state index in [0.717, 1.165) is 12.3 Å². The highest BCUT2D eigenvalue weighted by atomic mass is 35.5. The first-order valence-corrected chi connectivity index (χ1v) is 10.2. The van der Waals surface area contributed by atoms with E-state index in [-0.39, 0.29) is 30.0 Å². The highest BCUT2D eigenvalue weighted by molar-refractivity contribution is 6.33. The normalized spacial score (nSPS) is 14.3. The summed E-state index contributed by atoms with van der Waals surface area (Å²) in [4.78, 5) is 31.3. The number of nitrogens with zero attached hydrogens (tertiary/aromatic N) is 3. The lowest BCUT2D eigenvalue weighted by atomic mass is 10.2. The quantitative estimate of drug-likeness (QED) is 0.599. The number of carbonyl (C=O) groups is 2. The molecule has 2 aromatic rings. The highest BCUT2D eigenvalue weighted by Gasteiger charge is 2.32. The minimum Gasteiger partial charge on any atom is -0.484 e. The summed E-state index contributed by atoms with van der Waals surface area (Å²) in [6.45, 7) is 3.26. The number of halogens is 4. The van der Waals surface area contributed by atoms with Crippen molar-refractivity contribution < 1.29 is 32.2 Å². The van der Waals surface area contributed by atoms with Crippen molar-refractivity contribution in [1.82, 2.24) is 9.88 Å². The topological polar surface area (TPSA) is 72.0 Å². The van der Waals surface area contributed by atoms with Gasteiger partial charge in [0.15, 0.2) is 6.61 Å². The van der Waals surface area contributed by atoms with Crippen molar-refractivity contribution in [3.8, 4) is 5.75 Å². The van der Waals surface area contributed by atoms with Crippen LogP contribution in [0.4, 0.5) is 19.0 Å². The lowest BCUT2D eigenvalue weighted by Gasteiger charge is -2.35. The van der Waals surface area contributed by atoms with Crippen molar-refractivity contribution in [3.63, 3.8) is 0 Å². The molecule has 0 spiro atoms. The van der Waals surface area contributed by atoms with Crippen LogP contribution in [0.3, 0.4) is 0 Å². The van der Waals surface area contributed by atoms with Crippen molar-refractivity contribution in [2.75, 3.05) is 44.3 Å². The molecule has 1 aromatic carbocycles. The van der Waals surface area contributed by atoms with Gasteiger partial charge < -0.3 is 19.3 Å². The van der Waals surface area contributed by atoms with Crippen LogP contribution in [0.1, 0.15) is 22.8 Å². The summed E-state index contributed by atoms with van der Waals surface area (Å²) in [7, 11) is 0. The van der Waals surface area contributed by atoms with Crippen LogP contribution >= 0.6 is 11.6 Å². The van der Waals surface area contributed by atoms with E-state index in [4.69, 9.17) is 21.1 Å². The van der Waals surface area contributed by atoms with Crippen LogP contribution in [0.25, 0.3) is 0 Å². The lowest BCUT2D eigenvalue weighted by Crippen LogP contribution is -2.50. The van der Waals surface area contributed by atoms with Gasteiger partial charge in [-0.05, 0) is 37.3 Å². The molecule has 1 fully saturated rings. The monoisotopic (exact) mass is 471 g/mol. The molecular weight excluding hydrogens is 451 g/mol.